The number of hydrogen-bond donors (Lipinski definition) is 0. The number of hydrogen-bond acceptors (Lipinski definition) is 1. The minimum atomic E-state index is -2.75. The third-order valence-corrected chi connectivity index (χ3v) is 15.7. The molecule has 1 saturated carbocycles. The van der Waals surface area contributed by atoms with E-state index in [0.717, 1.165) is 5.92 Å². The van der Waals surface area contributed by atoms with Crippen LogP contribution in [0.1, 0.15) is 103 Å². The van der Waals surface area contributed by atoms with Crippen LogP contribution < -0.4 is 20.5 Å². The van der Waals surface area contributed by atoms with Crippen LogP contribution in [0.2, 0.25) is 0 Å². The highest BCUT2D eigenvalue weighted by Gasteiger charge is 2.61. The summed E-state index contributed by atoms with van der Waals surface area (Å²) in [6, 6.07) is 42.2. The molecule has 4 aromatic carbocycles. The summed E-state index contributed by atoms with van der Waals surface area (Å²) < 4.78 is 0. The molecule has 1 unspecified atom stereocenters. The Morgan fingerprint density at radius 1 is 0.591 bits per heavy atom. The van der Waals surface area contributed by atoms with Gasteiger partial charge in [0.15, 0.2) is 8.07 Å². The molecule has 1 nitrogen and oxygen atoms in total. The summed E-state index contributed by atoms with van der Waals surface area (Å²) in [5.74, 6) is 2.14. The van der Waals surface area contributed by atoms with E-state index < -0.39 is 8.07 Å². The van der Waals surface area contributed by atoms with E-state index in [1.807, 2.05) is 0 Å². The fourth-order valence-corrected chi connectivity index (χ4v) is 14.4. The second-order valence-electron chi connectivity index (χ2n) is 14.7. The van der Waals surface area contributed by atoms with Crippen molar-refractivity contribution in [2.75, 3.05) is 4.90 Å². The molecule has 6 rings (SSSR count). The van der Waals surface area contributed by atoms with Gasteiger partial charge in [-0.1, -0.05) is 169 Å². The highest BCUT2D eigenvalue weighted by Crippen LogP contribution is 2.56. The van der Waals surface area contributed by atoms with E-state index in [0.29, 0.717) is 17.8 Å². The van der Waals surface area contributed by atoms with Crippen molar-refractivity contribution in [3.63, 3.8) is 0 Å². The molecule has 2 heteroatoms. The third-order valence-electron chi connectivity index (χ3n) is 10.7. The van der Waals surface area contributed by atoms with Crippen LogP contribution in [0, 0.1) is 17.5 Å². The summed E-state index contributed by atoms with van der Waals surface area (Å²) >= 11 is 0. The van der Waals surface area contributed by atoms with Gasteiger partial charge in [-0.05, 0) is 70.6 Å². The van der Waals surface area contributed by atoms with Crippen molar-refractivity contribution in [1.82, 2.24) is 0 Å². The van der Waals surface area contributed by atoms with Gasteiger partial charge in [0, 0.05) is 11.2 Å². The maximum Gasteiger partial charge on any atom is 0.178 e. The molecule has 0 N–H and O–H groups in total. The summed E-state index contributed by atoms with van der Waals surface area (Å²) in [6.07, 6.45) is 8.03. The fraction of sp³-hybridized carbons (Fsp3) is 0.405. The molecule has 2 aliphatic rings. The fourth-order valence-electron chi connectivity index (χ4n) is 8.79. The first-order valence-corrected chi connectivity index (χ1v) is 19.2. The molecule has 1 saturated heterocycles. The van der Waals surface area contributed by atoms with Gasteiger partial charge < -0.3 is 4.90 Å². The first-order valence-electron chi connectivity index (χ1n) is 17.2. The molecule has 1 atom stereocenters. The monoisotopic (exact) mass is 598 g/mol. The smallest absolute Gasteiger partial charge is 0.178 e. The zero-order valence-electron chi connectivity index (χ0n) is 27.9. The number of nitrogens with zero attached hydrogens (tertiary/aromatic N) is 1. The Morgan fingerprint density at radius 3 is 1.43 bits per heavy atom. The van der Waals surface area contributed by atoms with Crippen molar-refractivity contribution in [2.45, 2.75) is 97.4 Å². The summed E-state index contributed by atoms with van der Waals surface area (Å²) in [6.45, 7) is 14.7. The molecule has 0 bridgehead atoms. The summed E-state index contributed by atoms with van der Waals surface area (Å²) in [5.41, 5.74) is 6.19. The predicted molar refractivity (Wildman–Crippen MR) is 193 cm³/mol. The molecule has 1 aliphatic heterocycles. The predicted octanol–water partition coefficient (Wildman–Crippen LogP) is 9.36. The van der Waals surface area contributed by atoms with Crippen molar-refractivity contribution < 1.29 is 0 Å². The zero-order valence-corrected chi connectivity index (χ0v) is 28.9. The van der Waals surface area contributed by atoms with E-state index in [2.05, 4.69) is 156 Å². The Balaban J connectivity index is 1.76. The SMILES string of the molecule is CC(C)c1cccc(C(C)C)c1N1[C]([Si](c2ccccc2)(c2ccccc2)c2ccccc2)C(C2CCCCC2)CC1(C)C. The van der Waals surface area contributed by atoms with Gasteiger partial charge in [-0.3, -0.25) is 0 Å². The second kappa shape index (κ2) is 12.7. The number of para-hydroxylation sites is 1. The Morgan fingerprint density at radius 2 is 1.02 bits per heavy atom. The van der Waals surface area contributed by atoms with Gasteiger partial charge in [0.2, 0.25) is 0 Å². The van der Waals surface area contributed by atoms with Gasteiger partial charge in [0.25, 0.3) is 0 Å². The topological polar surface area (TPSA) is 3.24 Å². The Bertz CT molecular complexity index is 1380. The largest absolute Gasteiger partial charge is 0.359 e. The number of anilines is 1. The minimum absolute atomic E-state index is 0.0112. The summed E-state index contributed by atoms with van der Waals surface area (Å²) in [7, 11) is -2.75. The van der Waals surface area contributed by atoms with E-state index in [4.69, 9.17) is 0 Å². The Hall–Kier alpha value is -3.10. The van der Waals surface area contributed by atoms with E-state index in [1.54, 1.807) is 5.67 Å². The average Bonchev–Trinajstić information content (AvgIpc) is 3.33. The normalized spacial score (nSPS) is 19.6. The molecule has 229 valence electrons. The van der Waals surface area contributed by atoms with E-state index in [1.165, 1.54) is 70.9 Å². The number of rotatable bonds is 8. The van der Waals surface area contributed by atoms with Crippen LogP contribution in [0.25, 0.3) is 0 Å². The van der Waals surface area contributed by atoms with Crippen LogP contribution >= 0.6 is 0 Å². The van der Waals surface area contributed by atoms with Crippen LogP contribution in [-0.2, 0) is 0 Å². The number of benzene rings is 4. The van der Waals surface area contributed by atoms with Crippen LogP contribution in [-0.4, -0.2) is 13.6 Å². The summed E-state index contributed by atoms with van der Waals surface area (Å²) in [5, 5.41) is 4.51. The molecule has 2 fully saturated rings. The Labute approximate surface area is 268 Å². The van der Waals surface area contributed by atoms with Gasteiger partial charge >= 0.3 is 0 Å². The lowest BCUT2D eigenvalue weighted by Crippen LogP contribution is -2.75. The van der Waals surface area contributed by atoms with Crippen LogP contribution in [0.3, 0.4) is 0 Å². The lowest BCUT2D eigenvalue weighted by atomic mass is 9.77. The van der Waals surface area contributed by atoms with E-state index in [9.17, 15) is 0 Å². The van der Waals surface area contributed by atoms with Crippen LogP contribution in [0.4, 0.5) is 5.69 Å². The minimum Gasteiger partial charge on any atom is -0.359 e. The maximum atomic E-state index is 2.97. The highest BCUT2D eigenvalue weighted by molar-refractivity contribution is 7.15. The maximum absolute atomic E-state index is 2.97. The zero-order chi connectivity index (χ0) is 30.9. The van der Waals surface area contributed by atoms with Crippen molar-refractivity contribution in [3.8, 4) is 0 Å². The quantitative estimate of drug-likeness (QED) is 0.144. The lowest BCUT2D eigenvalue weighted by molar-refractivity contribution is 0.262. The molecular weight excluding hydrogens is 547 g/mol. The second-order valence-corrected chi connectivity index (χ2v) is 18.4. The molecule has 1 heterocycles. The standard InChI is InChI=1S/C42H52NSi/c1-31(2)37-28-19-29-38(32(3)4)40(37)43-41(39(30-42(43,5)6)33-20-11-7-12-21-33)44(34-22-13-8-14-23-34,35-24-15-9-16-25-35)36-26-17-10-18-27-36/h8-10,13-19,22-29,31-33,39H,7,11-12,20-21,30H2,1-6H3. The molecule has 4 aromatic rings. The van der Waals surface area contributed by atoms with Crippen molar-refractivity contribution in [2.24, 2.45) is 11.8 Å². The Kier molecular flexibility index (Phi) is 8.93. The van der Waals surface area contributed by atoms with Gasteiger partial charge in [-0.15, -0.1) is 0 Å². The lowest BCUT2D eigenvalue weighted by Gasteiger charge is -2.50. The molecule has 0 spiro atoms. The van der Waals surface area contributed by atoms with Gasteiger partial charge in [0.1, 0.15) is 0 Å². The van der Waals surface area contributed by atoms with E-state index >= 15 is 0 Å². The first kappa shape index (κ1) is 30.9. The molecule has 1 radical (unpaired) electrons. The molecular formula is C42H52NSi. The van der Waals surface area contributed by atoms with Crippen LogP contribution in [0.15, 0.2) is 109 Å². The molecule has 0 amide bonds. The molecule has 44 heavy (non-hydrogen) atoms. The average molecular weight is 599 g/mol. The highest BCUT2D eigenvalue weighted by atomic mass is 28.3. The molecule has 1 aliphatic carbocycles. The van der Waals surface area contributed by atoms with Crippen LogP contribution in [0.5, 0.6) is 0 Å². The van der Waals surface area contributed by atoms with E-state index in [-0.39, 0.29) is 5.54 Å². The van der Waals surface area contributed by atoms with Crippen molar-refractivity contribution in [3.05, 3.63) is 126 Å². The van der Waals surface area contributed by atoms with Gasteiger partial charge in [-0.25, -0.2) is 0 Å². The van der Waals surface area contributed by atoms with Gasteiger partial charge in [-0.2, -0.15) is 0 Å². The summed E-state index contributed by atoms with van der Waals surface area (Å²) in [4.78, 5) is 2.97. The van der Waals surface area contributed by atoms with Crippen molar-refractivity contribution >= 4 is 29.3 Å². The van der Waals surface area contributed by atoms with Crippen molar-refractivity contribution in [1.29, 1.82) is 0 Å². The molecule has 0 aromatic heterocycles. The first-order chi connectivity index (χ1) is 21.3. The van der Waals surface area contributed by atoms with Gasteiger partial charge in [0.05, 0.1) is 5.67 Å². The third kappa shape index (κ3) is 5.38.